The molecule has 3 heteroatoms. The Hall–Kier alpha value is -1.53. The van der Waals surface area contributed by atoms with Gasteiger partial charge in [0, 0.05) is 20.2 Å². The van der Waals surface area contributed by atoms with Crippen molar-refractivity contribution in [3.05, 3.63) is 29.3 Å². The van der Waals surface area contributed by atoms with E-state index in [0.717, 1.165) is 37.1 Å². The zero-order valence-electron chi connectivity index (χ0n) is 10.6. The molecule has 92 valence electrons. The number of rotatable bonds is 6. The Balaban J connectivity index is 2.64. The van der Waals surface area contributed by atoms with E-state index in [1.165, 1.54) is 5.56 Å². The van der Waals surface area contributed by atoms with Crippen molar-refractivity contribution in [1.29, 1.82) is 5.26 Å². The summed E-state index contributed by atoms with van der Waals surface area (Å²) in [6.07, 6.45) is 2.91. The Morgan fingerprint density at radius 2 is 2.06 bits per heavy atom. The largest absolute Gasteiger partial charge is 0.396 e. The van der Waals surface area contributed by atoms with Crippen molar-refractivity contribution in [2.75, 3.05) is 25.1 Å². The molecule has 0 aliphatic heterocycles. The third-order valence-corrected chi connectivity index (χ3v) is 2.84. The first-order valence-electron chi connectivity index (χ1n) is 6.01. The molecule has 0 fully saturated rings. The van der Waals surface area contributed by atoms with Gasteiger partial charge in [-0.05, 0) is 43.9 Å². The summed E-state index contributed by atoms with van der Waals surface area (Å²) in [7, 11) is 2.01. The molecule has 0 saturated heterocycles. The van der Waals surface area contributed by atoms with Gasteiger partial charge in [0.2, 0.25) is 0 Å². The molecule has 0 atom stereocenters. The monoisotopic (exact) mass is 232 g/mol. The quantitative estimate of drug-likeness (QED) is 0.766. The first-order valence-corrected chi connectivity index (χ1v) is 6.01. The average molecular weight is 232 g/mol. The maximum absolute atomic E-state index is 9.06. The number of hydrogen-bond acceptors (Lipinski definition) is 3. The molecule has 0 unspecified atom stereocenters. The van der Waals surface area contributed by atoms with Crippen LogP contribution in [0.25, 0.3) is 0 Å². The molecule has 0 aliphatic rings. The van der Waals surface area contributed by atoms with E-state index in [-0.39, 0.29) is 6.61 Å². The van der Waals surface area contributed by atoms with Gasteiger partial charge in [-0.3, -0.25) is 0 Å². The molecule has 0 aromatic heterocycles. The summed E-state index contributed by atoms with van der Waals surface area (Å²) in [4.78, 5) is 2.11. The Morgan fingerprint density at radius 1 is 1.29 bits per heavy atom. The number of nitrogens with zero attached hydrogens (tertiary/aromatic N) is 2. The highest BCUT2D eigenvalue weighted by molar-refractivity contribution is 5.60. The molecular formula is C14H20N2O. The van der Waals surface area contributed by atoms with Crippen molar-refractivity contribution in [3.63, 3.8) is 0 Å². The van der Waals surface area contributed by atoms with Gasteiger partial charge in [0.05, 0.1) is 11.3 Å². The van der Waals surface area contributed by atoms with E-state index in [0.29, 0.717) is 0 Å². The lowest BCUT2D eigenvalue weighted by Crippen LogP contribution is -2.19. The molecule has 0 amide bonds. The van der Waals surface area contributed by atoms with Gasteiger partial charge in [0.25, 0.3) is 0 Å². The van der Waals surface area contributed by atoms with Gasteiger partial charge in [-0.2, -0.15) is 5.26 Å². The van der Waals surface area contributed by atoms with Crippen LogP contribution in [0, 0.1) is 18.3 Å². The van der Waals surface area contributed by atoms with E-state index in [4.69, 9.17) is 10.4 Å². The summed E-state index contributed by atoms with van der Waals surface area (Å²) in [5, 5.41) is 17.8. The molecule has 1 rings (SSSR count). The third kappa shape index (κ3) is 4.08. The molecule has 0 bridgehead atoms. The van der Waals surface area contributed by atoms with Gasteiger partial charge in [-0.1, -0.05) is 6.07 Å². The van der Waals surface area contributed by atoms with E-state index < -0.39 is 0 Å². The van der Waals surface area contributed by atoms with Crippen LogP contribution in [-0.2, 0) is 0 Å². The second-order valence-corrected chi connectivity index (χ2v) is 4.34. The minimum atomic E-state index is 0.262. The highest BCUT2D eigenvalue weighted by Crippen LogP contribution is 2.20. The minimum Gasteiger partial charge on any atom is -0.396 e. The fraction of sp³-hybridized carbons (Fsp3) is 0.500. The molecule has 0 saturated carbocycles. The normalized spacial score (nSPS) is 10.0. The predicted octanol–water partition coefficient (Wildman–Crippen LogP) is 2.47. The van der Waals surface area contributed by atoms with E-state index in [9.17, 15) is 0 Å². The van der Waals surface area contributed by atoms with Crippen LogP contribution in [0.1, 0.15) is 30.4 Å². The van der Waals surface area contributed by atoms with E-state index >= 15 is 0 Å². The predicted molar refractivity (Wildman–Crippen MR) is 70.1 cm³/mol. The van der Waals surface area contributed by atoms with Gasteiger partial charge < -0.3 is 10.0 Å². The smallest absolute Gasteiger partial charge is 0.101 e. The Morgan fingerprint density at radius 3 is 2.71 bits per heavy atom. The second kappa shape index (κ2) is 6.93. The number of hydrogen-bond donors (Lipinski definition) is 1. The number of aliphatic hydroxyl groups is 1. The number of unbranched alkanes of at least 4 members (excludes halogenated alkanes) is 2. The summed E-state index contributed by atoms with van der Waals surface area (Å²) < 4.78 is 0. The van der Waals surface area contributed by atoms with Crippen LogP contribution >= 0.6 is 0 Å². The molecular weight excluding hydrogens is 212 g/mol. The maximum Gasteiger partial charge on any atom is 0.101 e. The lowest BCUT2D eigenvalue weighted by molar-refractivity contribution is 0.283. The van der Waals surface area contributed by atoms with Crippen molar-refractivity contribution in [2.24, 2.45) is 0 Å². The van der Waals surface area contributed by atoms with Gasteiger partial charge in [0.1, 0.15) is 6.07 Å². The molecule has 0 aliphatic carbocycles. The summed E-state index contributed by atoms with van der Waals surface area (Å²) in [6, 6.07) is 8.10. The zero-order valence-corrected chi connectivity index (χ0v) is 10.6. The SMILES string of the molecule is Cc1ccc(C#N)c(N(C)CCCCCO)c1. The summed E-state index contributed by atoms with van der Waals surface area (Å²) in [5.74, 6) is 0. The zero-order chi connectivity index (χ0) is 12.7. The maximum atomic E-state index is 9.06. The molecule has 1 aromatic carbocycles. The van der Waals surface area contributed by atoms with Crippen molar-refractivity contribution in [2.45, 2.75) is 26.2 Å². The van der Waals surface area contributed by atoms with E-state index in [1.54, 1.807) is 0 Å². The molecule has 17 heavy (non-hydrogen) atoms. The number of nitriles is 1. The van der Waals surface area contributed by atoms with Crippen LogP contribution in [-0.4, -0.2) is 25.3 Å². The fourth-order valence-corrected chi connectivity index (χ4v) is 1.81. The third-order valence-electron chi connectivity index (χ3n) is 2.84. The van der Waals surface area contributed by atoms with E-state index in [1.807, 2.05) is 32.2 Å². The number of aryl methyl sites for hydroxylation is 1. The van der Waals surface area contributed by atoms with Crippen LogP contribution in [0.3, 0.4) is 0 Å². The molecule has 3 nitrogen and oxygen atoms in total. The first-order chi connectivity index (χ1) is 8.19. The standard InChI is InChI=1S/C14H20N2O/c1-12-6-7-13(11-15)14(10-12)16(2)8-4-3-5-9-17/h6-7,10,17H,3-5,8-9H2,1-2H3. The number of aliphatic hydroxyl groups excluding tert-OH is 1. The Kier molecular flexibility index (Phi) is 5.51. The lowest BCUT2D eigenvalue weighted by atomic mass is 10.1. The topological polar surface area (TPSA) is 47.3 Å². The highest BCUT2D eigenvalue weighted by Gasteiger charge is 2.07. The second-order valence-electron chi connectivity index (χ2n) is 4.34. The first kappa shape index (κ1) is 13.5. The van der Waals surface area contributed by atoms with Crippen LogP contribution < -0.4 is 4.90 Å². The molecule has 1 N–H and O–H groups in total. The molecule has 0 radical (unpaired) electrons. The molecule has 0 heterocycles. The number of anilines is 1. The molecule has 1 aromatic rings. The van der Waals surface area contributed by atoms with Crippen LogP contribution in [0.5, 0.6) is 0 Å². The highest BCUT2D eigenvalue weighted by atomic mass is 16.2. The summed E-state index contributed by atoms with van der Waals surface area (Å²) in [5.41, 5.74) is 2.89. The van der Waals surface area contributed by atoms with Crippen molar-refractivity contribution < 1.29 is 5.11 Å². The fourth-order valence-electron chi connectivity index (χ4n) is 1.81. The van der Waals surface area contributed by atoms with Crippen LogP contribution in [0.4, 0.5) is 5.69 Å². The van der Waals surface area contributed by atoms with Crippen molar-refractivity contribution >= 4 is 5.69 Å². The lowest BCUT2D eigenvalue weighted by Gasteiger charge is -2.20. The summed E-state index contributed by atoms with van der Waals surface area (Å²) >= 11 is 0. The van der Waals surface area contributed by atoms with Gasteiger partial charge in [-0.25, -0.2) is 0 Å². The van der Waals surface area contributed by atoms with Crippen LogP contribution in [0.15, 0.2) is 18.2 Å². The summed E-state index contributed by atoms with van der Waals surface area (Å²) in [6.45, 7) is 3.21. The van der Waals surface area contributed by atoms with Gasteiger partial charge in [-0.15, -0.1) is 0 Å². The molecule has 0 spiro atoms. The van der Waals surface area contributed by atoms with E-state index in [2.05, 4.69) is 11.0 Å². The minimum absolute atomic E-state index is 0.262. The average Bonchev–Trinajstić information content (AvgIpc) is 2.34. The van der Waals surface area contributed by atoms with Gasteiger partial charge >= 0.3 is 0 Å². The number of benzene rings is 1. The van der Waals surface area contributed by atoms with Crippen LogP contribution in [0.2, 0.25) is 0 Å². The van der Waals surface area contributed by atoms with Crippen molar-refractivity contribution in [3.8, 4) is 6.07 Å². The van der Waals surface area contributed by atoms with Gasteiger partial charge in [0.15, 0.2) is 0 Å². The Bertz CT molecular complexity index is 396. The van der Waals surface area contributed by atoms with Crippen molar-refractivity contribution in [1.82, 2.24) is 0 Å². The Labute approximate surface area is 103 Å².